The number of carbonyl (C=O) groups excluding carboxylic acids is 2. The van der Waals surface area contributed by atoms with Gasteiger partial charge >= 0.3 is 6.09 Å². The molecule has 0 bridgehead atoms. The van der Waals surface area contributed by atoms with Gasteiger partial charge in [0.05, 0.1) is 12.5 Å². The molecule has 1 heterocycles. The number of hydrogen-bond acceptors (Lipinski definition) is 4. The molecule has 0 saturated heterocycles. The van der Waals surface area contributed by atoms with Crippen LogP contribution in [-0.4, -0.2) is 24.1 Å². The highest BCUT2D eigenvalue weighted by molar-refractivity contribution is 5.75. The smallest absolute Gasteiger partial charge is 0.407 e. The van der Waals surface area contributed by atoms with Crippen molar-refractivity contribution in [3.63, 3.8) is 0 Å². The summed E-state index contributed by atoms with van der Waals surface area (Å²) < 4.78 is 9.98. The zero-order chi connectivity index (χ0) is 15.0. The topological polar surface area (TPSA) is 80.6 Å². The van der Waals surface area contributed by atoms with E-state index in [1.807, 2.05) is 0 Å². The Morgan fingerprint density at radius 1 is 1.30 bits per heavy atom. The van der Waals surface area contributed by atoms with E-state index in [-0.39, 0.29) is 5.91 Å². The Morgan fingerprint density at radius 2 is 2.05 bits per heavy atom. The van der Waals surface area contributed by atoms with Crippen LogP contribution in [0.25, 0.3) is 0 Å². The number of alkyl carbamates (subject to hydrolysis) is 1. The van der Waals surface area contributed by atoms with E-state index in [4.69, 9.17) is 9.15 Å². The van der Waals surface area contributed by atoms with Gasteiger partial charge in [-0.3, -0.25) is 4.79 Å². The van der Waals surface area contributed by atoms with Gasteiger partial charge in [-0.25, -0.2) is 4.79 Å². The van der Waals surface area contributed by atoms with Crippen LogP contribution in [0.3, 0.4) is 0 Å². The predicted molar refractivity (Wildman–Crippen MR) is 74.0 cm³/mol. The summed E-state index contributed by atoms with van der Waals surface area (Å²) >= 11 is 0. The molecule has 1 rings (SSSR count). The first-order valence-corrected chi connectivity index (χ1v) is 6.61. The fourth-order valence-corrected chi connectivity index (χ4v) is 1.44. The molecule has 6 heteroatoms. The summed E-state index contributed by atoms with van der Waals surface area (Å²) in [6.45, 7) is 6.27. The lowest BCUT2D eigenvalue weighted by Crippen LogP contribution is -2.33. The molecule has 1 aromatic heterocycles. The van der Waals surface area contributed by atoms with E-state index in [1.165, 1.54) is 0 Å². The van der Waals surface area contributed by atoms with Crippen LogP contribution in [0.4, 0.5) is 4.79 Å². The van der Waals surface area contributed by atoms with E-state index in [0.29, 0.717) is 25.9 Å². The third-order valence-corrected chi connectivity index (χ3v) is 2.32. The second-order valence-electron chi connectivity index (χ2n) is 5.44. The van der Waals surface area contributed by atoms with Crippen LogP contribution in [0.15, 0.2) is 23.0 Å². The Balaban J connectivity index is 2.06. The van der Waals surface area contributed by atoms with E-state index in [2.05, 4.69) is 10.6 Å². The molecule has 112 valence electrons. The van der Waals surface area contributed by atoms with E-state index in [9.17, 15) is 9.59 Å². The molecule has 6 nitrogen and oxygen atoms in total. The van der Waals surface area contributed by atoms with Gasteiger partial charge in [0, 0.05) is 25.1 Å². The fourth-order valence-electron chi connectivity index (χ4n) is 1.44. The summed E-state index contributed by atoms with van der Waals surface area (Å²) in [6, 6.07) is 1.80. The van der Waals surface area contributed by atoms with Gasteiger partial charge in [-0.1, -0.05) is 0 Å². The van der Waals surface area contributed by atoms with Crippen molar-refractivity contribution in [2.75, 3.05) is 6.54 Å². The molecule has 1 aromatic rings. The van der Waals surface area contributed by atoms with Crippen LogP contribution >= 0.6 is 0 Å². The lowest BCUT2D eigenvalue weighted by Gasteiger charge is -2.19. The molecule has 0 aliphatic heterocycles. The van der Waals surface area contributed by atoms with E-state index in [1.54, 1.807) is 39.4 Å². The number of carbonyl (C=O) groups is 2. The van der Waals surface area contributed by atoms with Crippen molar-refractivity contribution in [2.24, 2.45) is 0 Å². The van der Waals surface area contributed by atoms with Gasteiger partial charge in [0.1, 0.15) is 5.60 Å². The number of amides is 2. The molecule has 0 saturated carbocycles. The largest absolute Gasteiger partial charge is 0.472 e. The minimum absolute atomic E-state index is 0.0582. The first-order chi connectivity index (χ1) is 9.37. The molecule has 2 amide bonds. The average Bonchev–Trinajstić information content (AvgIpc) is 2.83. The number of furan rings is 1. The lowest BCUT2D eigenvalue weighted by atomic mass is 10.2. The number of nitrogens with one attached hydrogen (secondary N) is 2. The minimum atomic E-state index is -0.508. The van der Waals surface area contributed by atoms with Crippen molar-refractivity contribution in [3.8, 4) is 0 Å². The van der Waals surface area contributed by atoms with Crippen LogP contribution in [0.2, 0.25) is 0 Å². The highest BCUT2D eigenvalue weighted by Gasteiger charge is 2.15. The second-order valence-corrected chi connectivity index (χ2v) is 5.44. The third-order valence-electron chi connectivity index (χ3n) is 2.32. The maximum atomic E-state index is 11.5. The Morgan fingerprint density at radius 3 is 2.65 bits per heavy atom. The normalized spacial score (nSPS) is 10.9. The quantitative estimate of drug-likeness (QED) is 0.784. The first kappa shape index (κ1) is 16.1. The minimum Gasteiger partial charge on any atom is -0.472 e. The Bertz CT molecular complexity index is 421. The molecular weight excluding hydrogens is 260 g/mol. The summed E-state index contributed by atoms with van der Waals surface area (Å²) in [5.74, 6) is -0.0582. The van der Waals surface area contributed by atoms with Crippen LogP contribution < -0.4 is 10.6 Å². The van der Waals surface area contributed by atoms with Crippen LogP contribution in [0.1, 0.15) is 39.2 Å². The standard InChI is InChI=1S/C14H22N2O4/c1-14(2,3)20-13(18)15-7-4-5-12(17)16-9-11-6-8-19-10-11/h6,8,10H,4-5,7,9H2,1-3H3,(H,15,18)(H,16,17). The van der Waals surface area contributed by atoms with Crippen LogP contribution in [0.5, 0.6) is 0 Å². The Kier molecular flexibility index (Phi) is 6.09. The Labute approximate surface area is 118 Å². The maximum Gasteiger partial charge on any atom is 0.407 e. The molecule has 0 radical (unpaired) electrons. The summed E-state index contributed by atoms with van der Waals surface area (Å²) in [7, 11) is 0. The van der Waals surface area contributed by atoms with Gasteiger partial charge in [-0.05, 0) is 33.3 Å². The highest BCUT2D eigenvalue weighted by Crippen LogP contribution is 2.06. The maximum absolute atomic E-state index is 11.5. The molecule has 0 fully saturated rings. The summed E-state index contributed by atoms with van der Waals surface area (Å²) in [5, 5.41) is 5.38. The molecule has 0 aromatic carbocycles. The Hall–Kier alpha value is -1.98. The SMILES string of the molecule is CC(C)(C)OC(=O)NCCCC(=O)NCc1ccoc1. The summed E-state index contributed by atoms with van der Waals surface area (Å²) in [5.41, 5.74) is 0.414. The van der Waals surface area contributed by atoms with E-state index >= 15 is 0 Å². The van der Waals surface area contributed by atoms with Gasteiger partial charge in [0.25, 0.3) is 0 Å². The van der Waals surface area contributed by atoms with Gasteiger partial charge in [0.2, 0.25) is 5.91 Å². The zero-order valence-electron chi connectivity index (χ0n) is 12.2. The number of hydrogen-bond donors (Lipinski definition) is 2. The number of rotatable bonds is 6. The molecule has 0 spiro atoms. The summed E-state index contributed by atoms with van der Waals surface area (Å²) in [4.78, 5) is 22.9. The lowest BCUT2D eigenvalue weighted by molar-refractivity contribution is -0.121. The van der Waals surface area contributed by atoms with E-state index < -0.39 is 11.7 Å². The van der Waals surface area contributed by atoms with Crippen molar-refractivity contribution in [2.45, 2.75) is 45.8 Å². The summed E-state index contributed by atoms with van der Waals surface area (Å²) in [6.07, 6.45) is 3.61. The van der Waals surface area contributed by atoms with Gasteiger partial charge < -0.3 is 19.8 Å². The van der Waals surface area contributed by atoms with Gasteiger partial charge in [0.15, 0.2) is 0 Å². The first-order valence-electron chi connectivity index (χ1n) is 6.61. The monoisotopic (exact) mass is 282 g/mol. The average molecular weight is 282 g/mol. The van der Waals surface area contributed by atoms with Gasteiger partial charge in [-0.15, -0.1) is 0 Å². The van der Waals surface area contributed by atoms with Crippen molar-refractivity contribution >= 4 is 12.0 Å². The molecule has 20 heavy (non-hydrogen) atoms. The number of ether oxygens (including phenoxy) is 1. The second kappa shape index (κ2) is 7.57. The van der Waals surface area contributed by atoms with Crippen molar-refractivity contribution in [3.05, 3.63) is 24.2 Å². The molecule has 0 aliphatic rings. The molecule has 0 unspecified atom stereocenters. The molecule has 0 aliphatic carbocycles. The van der Waals surface area contributed by atoms with Crippen molar-refractivity contribution < 1.29 is 18.7 Å². The highest BCUT2D eigenvalue weighted by atomic mass is 16.6. The van der Waals surface area contributed by atoms with Crippen molar-refractivity contribution in [1.29, 1.82) is 0 Å². The predicted octanol–water partition coefficient (Wildman–Crippen LogP) is 2.20. The third kappa shape index (κ3) is 7.45. The van der Waals surface area contributed by atoms with Crippen LogP contribution in [0, 0.1) is 0 Å². The van der Waals surface area contributed by atoms with E-state index in [0.717, 1.165) is 5.56 Å². The van der Waals surface area contributed by atoms with Gasteiger partial charge in [-0.2, -0.15) is 0 Å². The zero-order valence-corrected chi connectivity index (χ0v) is 12.2. The van der Waals surface area contributed by atoms with Crippen molar-refractivity contribution in [1.82, 2.24) is 10.6 Å². The van der Waals surface area contributed by atoms with Crippen LogP contribution in [-0.2, 0) is 16.1 Å². The molecule has 2 N–H and O–H groups in total. The molecular formula is C14H22N2O4. The fraction of sp³-hybridized carbons (Fsp3) is 0.571. The molecule has 0 atom stereocenters.